The molecule has 3 aliphatic rings. The SMILES string of the molecule is NC(=O)C1=C(O)[C@@]2(O)C(=O)C3=C(O)c4c(O)ccc(Nc5ncc(-c6cccc([N+](=O)[O-])c6)[nH]5)c4C[C@H]3C[C@H]2CC1=O. The number of rotatable bonds is 5. The number of H-pyrrole nitrogens is 1. The van der Waals surface area contributed by atoms with E-state index >= 15 is 0 Å². The van der Waals surface area contributed by atoms with Crippen molar-refractivity contribution < 1.29 is 39.7 Å². The third-order valence-electron chi connectivity index (χ3n) is 8.14. The highest BCUT2D eigenvalue weighted by atomic mass is 16.6. The number of primary amides is 1. The lowest BCUT2D eigenvalue weighted by Crippen LogP contribution is -2.58. The van der Waals surface area contributed by atoms with Gasteiger partial charge >= 0.3 is 0 Å². The maximum absolute atomic E-state index is 13.6. The van der Waals surface area contributed by atoms with Gasteiger partial charge in [0.2, 0.25) is 11.7 Å². The summed E-state index contributed by atoms with van der Waals surface area (Å²) in [5.74, 6) is -6.80. The van der Waals surface area contributed by atoms with E-state index in [0.29, 0.717) is 22.5 Å². The minimum atomic E-state index is -2.64. The first-order chi connectivity index (χ1) is 19.9. The number of carbonyl (C=O) groups is 3. The van der Waals surface area contributed by atoms with Gasteiger partial charge in [-0.3, -0.25) is 24.5 Å². The van der Waals surface area contributed by atoms with Crippen LogP contribution in [0.15, 0.2) is 59.5 Å². The number of Topliss-reactive ketones (excluding diaryl/α,β-unsaturated/α-hetero) is 2. The van der Waals surface area contributed by atoms with E-state index in [-0.39, 0.29) is 41.4 Å². The van der Waals surface area contributed by atoms with Crippen LogP contribution in [0.3, 0.4) is 0 Å². The van der Waals surface area contributed by atoms with Crippen molar-refractivity contribution in [2.75, 3.05) is 5.32 Å². The number of phenolic OH excluding ortho intramolecular Hbond substituents is 1. The van der Waals surface area contributed by atoms with E-state index in [1.165, 1.54) is 24.4 Å². The Morgan fingerprint density at radius 3 is 2.64 bits per heavy atom. The third-order valence-corrected chi connectivity index (χ3v) is 8.14. The van der Waals surface area contributed by atoms with Crippen LogP contribution >= 0.6 is 0 Å². The molecule has 0 radical (unpaired) electrons. The molecule has 1 amide bonds. The van der Waals surface area contributed by atoms with Crippen molar-refractivity contribution in [3.05, 3.63) is 80.7 Å². The van der Waals surface area contributed by atoms with Crippen LogP contribution in [0.25, 0.3) is 17.0 Å². The van der Waals surface area contributed by atoms with Crippen LogP contribution in [-0.2, 0) is 20.8 Å². The Hall–Kier alpha value is -5.50. The zero-order valence-corrected chi connectivity index (χ0v) is 21.6. The fourth-order valence-corrected chi connectivity index (χ4v) is 6.18. The molecule has 3 aromatic rings. The molecule has 214 valence electrons. The number of aromatic amines is 1. The van der Waals surface area contributed by atoms with Crippen molar-refractivity contribution in [1.29, 1.82) is 0 Å². The van der Waals surface area contributed by atoms with Crippen LogP contribution in [0.5, 0.6) is 5.75 Å². The molecular weight excluding hydrogens is 550 g/mol. The number of nitro groups is 1. The second-order valence-corrected chi connectivity index (χ2v) is 10.5. The van der Waals surface area contributed by atoms with Gasteiger partial charge in [0.05, 0.1) is 22.4 Å². The highest BCUT2D eigenvalue weighted by Gasteiger charge is 2.60. The molecule has 8 N–H and O–H groups in total. The smallest absolute Gasteiger partial charge is 0.270 e. The summed E-state index contributed by atoms with van der Waals surface area (Å²) in [6.07, 6.45) is 1.16. The third kappa shape index (κ3) is 3.83. The lowest BCUT2D eigenvalue weighted by Gasteiger charge is -2.46. The number of fused-ring (bicyclic) bond motifs is 3. The first-order valence-corrected chi connectivity index (χ1v) is 12.8. The first kappa shape index (κ1) is 26.7. The van der Waals surface area contributed by atoms with E-state index in [0.717, 1.165) is 0 Å². The van der Waals surface area contributed by atoms with Crippen LogP contribution in [0.1, 0.15) is 24.0 Å². The number of nitro benzene ring substituents is 1. The number of aromatic hydroxyl groups is 1. The molecule has 0 spiro atoms. The normalized spacial score (nSPS) is 23.3. The molecule has 1 fully saturated rings. The maximum Gasteiger partial charge on any atom is 0.270 e. The van der Waals surface area contributed by atoms with E-state index in [1.54, 1.807) is 18.2 Å². The predicted octanol–water partition coefficient (Wildman–Crippen LogP) is 2.47. The largest absolute Gasteiger partial charge is 0.508 e. The molecule has 3 aliphatic carbocycles. The molecule has 6 rings (SSSR count). The number of aliphatic hydroxyl groups excluding tert-OH is 2. The average Bonchev–Trinajstić information content (AvgIpc) is 3.41. The van der Waals surface area contributed by atoms with E-state index < -0.39 is 63.3 Å². The second-order valence-electron chi connectivity index (χ2n) is 10.5. The van der Waals surface area contributed by atoms with Crippen molar-refractivity contribution in [3.8, 4) is 17.0 Å². The molecular formula is C28H23N5O9. The van der Waals surface area contributed by atoms with E-state index in [2.05, 4.69) is 15.3 Å². The summed E-state index contributed by atoms with van der Waals surface area (Å²) >= 11 is 0. The number of hydrogen-bond donors (Lipinski definition) is 7. The summed E-state index contributed by atoms with van der Waals surface area (Å²) in [6, 6.07) is 8.80. The highest BCUT2D eigenvalue weighted by Crippen LogP contribution is 2.52. The minimum Gasteiger partial charge on any atom is -0.508 e. The highest BCUT2D eigenvalue weighted by molar-refractivity contribution is 6.22. The maximum atomic E-state index is 13.6. The number of nitrogens with one attached hydrogen (secondary N) is 2. The Morgan fingerprint density at radius 1 is 1.17 bits per heavy atom. The minimum absolute atomic E-state index is 0.00427. The summed E-state index contributed by atoms with van der Waals surface area (Å²) in [4.78, 5) is 55.9. The molecule has 14 heteroatoms. The molecule has 0 unspecified atom stereocenters. The fraction of sp³-hybridized carbons (Fsp3) is 0.214. The number of ketones is 2. The Labute approximate surface area is 236 Å². The predicted molar refractivity (Wildman–Crippen MR) is 145 cm³/mol. The molecule has 0 saturated heterocycles. The van der Waals surface area contributed by atoms with Gasteiger partial charge in [0.1, 0.15) is 22.8 Å². The number of nitrogens with zero attached hydrogens (tertiary/aromatic N) is 2. The van der Waals surface area contributed by atoms with Gasteiger partial charge in [-0.05, 0) is 36.5 Å². The summed E-state index contributed by atoms with van der Waals surface area (Å²) in [5, 5.41) is 58.2. The Balaban J connectivity index is 1.38. The van der Waals surface area contributed by atoms with Crippen molar-refractivity contribution in [2.45, 2.75) is 24.9 Å². The van der Waals surface area contributed by atoms with Crippen LogP contribution in [0, 0.1) is 22.0 Å². The van der Waals surface area contributed by atoms with E-state index in [4.69, 9.17) is 5.73 Å². The Morgan fingerprint density at radius 2 is 1.93 bits per heavy atom. The zero-order chi connectivity index (χ0) is 30.1. The fourth-order valence-electron chi connectivity index (χ4n) is 6.18. The quantitative estimate of drug-likeness (QED) is 0.101. The molecule has 0 aliphatic heterocycles. The number of carbonyl (C=O) groups excluding carboxylic acids is 3. The summed E-state index contributed by atoms with van der Waals surface area (Å²) in [7, 11) is 0. The number of hydrogen-bond acceptors (Lipinski definition) is 11. The number of benzene rings is 2. The van der Waals surface area contributed by atoms with Gasteiger partial charge in [-0.1, -0.05) is 12.1 Å². The van der Waals surface area contributed by atoms with E-state index in [1.807, 2.05) is 0 Å². The Kier molecular flexibility index (Phi) is 5.90. The number of phenols is 1. The van der Waals surface area contributed by atoms with Crippen molar-refractivity contribution in [1.82, 2.24) is 9.97 Å². The summed E-state index contributed by atoms with van der Waals surface area (Å²) < 4.78 is 0. The summed E-state index contributed by atoms with van der Waals surface area (Å²) in [6.45, 7) is 0. The van der Waals surface area contributed by atoms with Gasteiger partial charge in [0.15, 0.2) is 11.4 Å². The number of anilines is 2. The molecule has 1 aromatic heterocycles. The summed E-state index contributed by atoms with van der Waals surface area (Å²) in [5.41, 5.74) is 3.16. The molecule has 3 atom stereocenters. The van der Waals surface area contributed by atoms with Crippen molar-refractivity contribution >= 4 is 40.6 Å². The van der Waals surface area contributed by atoms with Gasteiger partial charge in [-0.15, -0.1) is 0 Å². The van der Waals surface area contributed by atoms with E-state index in [9.17, 15) is 44.9 Å². The van der Waals surface area contributed by atoms with Gasteiger partial charge < -0.3 is 36.5 Å². The van der Waals surface area contributed by atoms with Gasteiger partial charge in [-0.2, -0.15) is 0 Å². The number of nitrogens with two attached hydrogens (primary N) is 1. The molecule has 0 bridgehead atoms. The number of imidazole rings is 1. The lowest BCUT2D eigenvalue weighted by molar-refractivity contribution is -0.384. The molecule has 14 nitrogen and oxygen atoms in total. The standard InChI is InChI=1S/C28H23N5O9/c29-26(39)22-19(35)9-13-6-12-8-15-16(31-27-30-10-17(32-27)11-2-1-3-14(7-11)33(41)42)4-5-18(34)21(15)23(36)20(12)24(37)28(13,40)25(22)38/h1-5,7,10,12-13,34,36,38,40H,6,8-9H2,(H2,29,39)(H2,30,31,32)/t12-,13+,28+/m1/s1. The number of aliphatic hydroxyl groups is 3. The van der Waals surface area contributed by atoms with Crippen molar-refractivity contribution in [2.24, 2.45) is 17.6 Å². The van der Waals surface area contributed by atoms with Crippen LogP contribution in [0.4, 0.5) is 17.3 Å². The first-order valence-electron chi connectivity index (χ1n) is 12.8. The average molecular weight is 574 g/mol. The monoisotopic (exact) mass is 573 g/mol. The van der Waals surface area contributed by atoms with Crippen molar-refractivity contribution in [3.63, 3.8) is 0 Å². The van der Waals surface area contributed by atoms with Crippen LogP contribution in [-0.4, -0.2) is 58.4 Å². The van der Waals surface area contributed by atoms with Gasteiger partial charge in [0, 0.05) is 41.3 Å². The number of aromatic nitrogens is 2. The molecule has 1 heterocycles. The van der Waals surface area contributed by atoms with Gasteiger partial charge in [-0.25, -0.2) is 4.98 Å². The lowest BCUT2D eigenvalue weighted by atomic mass is 9.59. The number of non-ortho nitro benzene ring substituents is 1. The zero-order valence-electron chi connectivity index (χ0n) is 21.6. The van der Waals surface area contributed by atoms with Gasteiger partial charge in [0.25, 0.3) is 11.6 Å². The van der Waals surface area contributed by atoms with Crippen LogP contribution < -0.4 is 11.1 Å². The molecule has 2 aromatic carbocycles. The molecule has 1 saturated carbocycles. The molecule has 42 heavy (non-hydrogen) atoms. The topological polar surface area (TPSA) is 242 Å². The van der Waals surface area contributed by atoms with Crippen LogP contribution in [0.2, 0.25) is 0 Å². The number of amides is 1. The Bertz CT molecular complexity index is 1810. The second kappa shape index (κ2) is 9.27.